The van der Waals surface area contributed by atoms with Crippen LogP contribution in [0.1, 0.15) is 33.6 Å². The highest BCUT2D eigenvalue weighted by Gasteiger charge is 1.85. The van der Waals surface area contributed by atoms with E-state index in [0.29, 0.717) is 6.42 Å². The molecule has 0 unspecified atom stereocenters. The van der Waals surface area contributed by atoms with Crippen LogP contribution in [0.5, 0.6) is 0 Å². The summed E-state index contributed by atoms with van der Waals surface area (Å²) in [7, 11) is 0. The van der Waals surface area contributed by atoms with Crippen molar-refractivity contribution in [3.63, 3.8) is 0 Å². The van der Waals surface area contributed by atoms with Gasteiger partial charge in [-0.05, 0) is 25.8 Å². The first-order valence-corrected chi connectivity index (χ1v) is 3.72. The number of hydrogen-bond donors (Lipinski definition) is 0. The van der Waals surface area contributed by atoms with E-state index in [2.05, 4.69) is 6.92 Å². The molecule has 0 nitrogen and oxygen atoms in total. The first kappa shape index (κ1) is 9.41. The molecule has 1 heteroatoms. The summed E-state index contributed by atoms with van der Waals surface area (Å²) in [5, 5.41) is 0. The van der Waals surface area contributed by atoms with Crippen molar-refractivity contribution in [3.8, 4) is 0 Å². The van der Waals surface area contributed by atoms with Gasteiger partial charge < -0.3 is 0 Å². The van der Waals surface area contributed by atoms with E-state index in [0.717, 1.165) is 6.42 Å². The van der Waals surface area contributed by atoms with Gasteiger partial charge >= 0.3 is 0 Å². The second kappa shape index (κ2) is 5.21. The third-order valence-corrected chi connectivity index (χ3v) is 1.44. The SMILES string of the molecule is CC/C(C)=C\C=C(\F)CC. The Balaban J connectivity index is 3.91. The van der Waals surface area contributed by atoms with Gasteiger partial charge in [0.25, 0.3) is 0 Å². The van der Waals surface area contributed by atoms with E-state index in [-0.39, 0.29) is 5.83 Å². The van der Waals surface area contributed by atoms with E-state index >= 15 is 0 Å². The van der Waals surface area contributed by atoms with E-state index in [1.807, 2.05) is 13.0 Å². The minimum atomic E-state index is -0.0483. The molecule has 0 aliphatic carbocycles. The van der Waals surface area contributed by atoms with Crippen LogP contribution in [0, 0.1) is 0 Å². The van der Waals surface area contributed by atoms with Crippen LogP contribution >= 0.6 is 0 Å². The molecule has 0 heterocycles. The first-order valence-electron chi connectivity index (χ1n) is 3.72. The van der Waals surface area contributed by atoms with Gasteiger partial charge in [0.05, 0.1) is 5.83 Å². The zero-order valence-corrected chi connectivity index (χ0v) is 6.95. The summed E-state index contributed by atoms with van der Waals surface area (Å²) in [4.78, 5) is 0. The van der Waals surface area contributed by atoms with Crippen LogP contribution in [0.15, 0.2) is 23.6 Å². The van der Waals surface area contributed by atoms with E-state index in [1.165, 1.54) is 5.57 Å². The number of hydrogen-bond acceptors (Lipinski definition) is 0. The average Bonchev–Trinajstić information content (AvgIpc) is 1.99. The molecule has 58 valence electrons. The summed E-state index contributed by atoms with van der Waals surface area (Å²) in [5.41, 5.74) is 1.21. The monoisotopic (exact) mass is 142 g/mol. The van der Waals surface area contributed by atoms with Crippen LogP contribution in [-0.4, -0.2) is 0 Å². The Kier molecular flexibility index (Phi) is 4.91. The normalized spacial score (nSPS) is 14.0. The lowest BCUT2D eigenvalue weighted by Gasteiger charge is -1.90. The predicted molar refractivity (Wildman–Crippen MR) is 43.5 cm³/mol. The van der Waals surface area contributed by atoms with Crippen LogP contribution in [-0.2, 0) is 0 Å². The van der Waals surface area contributed by atoms with Gasteiger partial charge in [0.15, 0.2) is 0 Å². The highest BCUT2D eigenvalue weighted by atomic mass is 19.1. The summed E-state index contributed by atoms with van der Waals surface area (Å²) in [6.07, 6.45) is 4.86. The molecule has 0 aliphatic heterocycles. The lowest BCUT2D eigenvalue weighted by molar-refractivity contribution is 0.604. The molecule has 0 spiro atoms. The Bertz CT molecular complexity index is 125. The third kappa shape index (κ3) is 4.30. The zero-order chi connectivity index (χ0) is 7.98. The summed E-state index contributed by atoms with van der Waals surface area (Å²) in [6, 6.07) is 0. The minimum absolute atomic E-state index is 0.0483. The van der Waals surface area contributed by atoms with E-state index in [1.54, 1.807) is 13.0 Å². The van der Waals surface area contributed by atoms with Crippen LogP contribution in [0.2, 0.25) is 0 Å². The molecule has 0 saturated heterocycles. The van der Waals surface area contributed by atoms with Gasteiger partial charge in [0, 0.05) is 0 Å². The molecule has 0 amide bonds. The fourth-order valence-electron chi connectivity index (χ4n) is 0.468. The predicted octanol–water partition coefficient (Wildman–Crippen LogP) is 3.61. The maximum absolute atomic E-state index is 12.4. The molecule has 0 saturated carbocycles. The van der Waals surface area contributed by atoms with Crippen molar-refractivity contribution >= 4 is 0 Å². The molecule has 0 fully saturated rings. The molecule has 0 aromatic carbocycles. The van der Waals surface area contributed by atoms with Crippen LogP contribution in [0.3, 0.4) is 0 Å². The zero-order valence-electron chi connectivity index (χ0n) is 6.95. The molecule has 0 N–H and O–H groups in total. The smallest absolute Gasteiger partial charge is 0.0996 e. The second-order valence-corrected chi connectivity index (χ2v) is 2.33. The molecule has 0 aromatic rings. The summed E-state index contributed by atoms with van der Waals surface area (Å²) < 4.78 is 12.4. The Morgan fingerprint density at radius 3 is 2.20 bits per heavy atom. The Morgan fingerprint density at radius 1 is 1.20 bits per heavy atom. The molecule has 0 atom stereocenters. The lowest BCUT2D eigenvalue weighted by atomic mass is 10.2. The van der Waals surface area contributed by atoms with E-state index in [4.69, 9.17) is 0 Å². The molecule has 0 aromatic heterocycles. The Labute approximate surface area is 62.4 Å². The van der Waals surface area contributed by atoms with Crippen molar-refractivity contribution in [1.82, 2.24) is 0 Å². The van der Waals surface area contributed by atoms with Crippen molar-refractivity contribution in [3.05, 3.63) is 23.6 Å². The maximum atomic E-state index is 12.4. The van der Waals surface area contributed by atoms with Crippen LogP contribution in [0.25, 0.3) is 0 Å². The van der Waals surface area contributed by atoms with Crippen molar-refractivity contribution in [2.24, 2.45) is 0 Å². The molecular formula is C9H15F. The van der Waals surface area contributed by atoms with E-state index in [9.17, 15) is 4.39 Å². The van der Waals surface area contributed by atoms with Crippen molar-refractivity contribution in [2.45, 2.75) is 33.6 Å². The minimum Gasteiger partial charge on any atom is -0.212 e. The van der Waals surface area contributed by atoms with Crippen molar-refractivity contribution < 1.29 is 4.39 Å². The number of halogens is 1. The summed E-state index contributed by atoms with van der Waals surface area (Å²) >= 11 is 0. The second-order valence-electron chi connectivity index (χ2n) is 2.33. The third-order valence-electron chi connectivity index (χ3n) is 1.44. The average molecular weight is 142 g/mol. The van der Waals surface area contributed by atoms with E-state index < -0.39 is 0 Å². The molecule has 0 aliphatic rings. The largest absolute Gasteiger partial charge is 0.212 e. The van der Waals surface area contributed by atoms with Crippen LogP contribution in [0.4, 0.5) is 4.39 Å². The van der Waals surface area contributed by atoms with Crippen LogP contribution < -0.4 is 0 Å². The van der Waals surface area contributed by atoms with Gasteiger partial charge in [-0.3, -0.25) is 0 Å². The lowest BCUT2D eigenvalue weighted by Crippen LogP contribution is -1.70. The van der Waals surface area contributed by atoms with Gasteiger partial charge in [0.1, 0.15) is 0 Å². The standard InChI is InChI=1S/C9H15F/c1-4-8(3)6-7-9(10)5-2/h6-7H,4-5H2,1-3H3/b8-6-,9-7+. The fourth-order valence-corrected chi connectivity index (χ4v) is 0.468. The van der Waals surface area contributed by atoms with Gasteiger partial charge in [-0.2, -0.15) is 0 Å². The van der Waals surface area contributed by atoms with Gasteiger partial charge in [-0.1, -0.05) is 25.5 Å². The molecule has 10 heavy (non-hydrogen) atoms. The summed E-state index contributed by atoms with van der Waals surface area (Å²) in [6.45, 7) is 5.86. The highest BCUT2D eigenvalue weighted by Crippen LogP contribution is 2.04. The van der Waals surface area contributed by atoms with Gasteiger partial charge in [0.2, 0.25) is 0 Å². The van der Waals surface area contributed by atoms with Gasteiger partial charge in [-0.15, -0.1) is 0 Å². The first-order chi connectivity index (χ1) is 4.70. The topological polar surface area (TPSA) is 0 Å². The molecule has 0 radical (unpaired) electrons. The molecular weight excluding hydrogens is 127 g/mol. The molecule has 0 rings (SSSR count). The summed E-state index contributed by atoms with van der Waals surface area (Å²) in [5.74, 6) is -0.0483. The van der Waals surface area contributed by atoms with Crippen molar-refractivity contribution in [2.75, 3.05) is 0 Å². The van der Waals surface area contributed by atoms with Crippen molar-refractivity contribution in [1.29, 1.82) is 0 Å². The maximum Gasteiger partial charge on any atom is 0.0996 e. The highest BCUT2D eigenvalue weighted by molar-refractivity contribution is 5.12. The number of allylic oxidation sites excluding steroid dienone is 4. The quantitative estimate of drug-likeness (QED) is 0.528. The Hall–Kier alpha value is -0.590. The number of rotatable bonds is 3. The Morgan fingerprint density at radius 2 is 1.80 bits per heavy atom. The van der Waals surface area contributed by atoms with Gasteiger partial charge in [-0.25, -0.2) is 4.39 Å². The molecule has 0 bridgehead atoms. The fraction of sp³-hybridized carbons (Fsp3) is 0.556.